The molecule has 10 heteroatoms. The van der Waals surface area contributed by atoms with Crippen molar-refractivity contribution in [2.45, 2.75) is 39.7 Å². The van der Waals surface area contributed by atoms with Crippen molar-refractivity contribution in [3.05, 3.63) is 75.8 Å². The van der Waals surface area contributed by atoms with Crippen molar-refractivity contribution < 1.29 is 19.1 Å². The number of nitrogens with one attached hydrogen (secondary N) is 3. The summed E-state index contributed by atoms with van der Waals surface area (Å²) in [6.07, 6.45) is 2.69. The molecule has 0 saturated heterocycles. The minimum absolute atomic E-state index is 0.0437. The van der Waals surface area contributed by atoms with Gasteiger partial charge in [-0.05, 0) is 43.7 Å². The van der Waals surface area contributed by atoms with E-state index >= 15 is 0 Å². The average molecular weight is 490 g/mol. The number of aromatic nitrogens is 3. The summed E-state index contributed by atoms with van der Waals surface area (Å²) in [4.78, 5) is 53.4. The first-order chi connectivity index (χ1) is 17.4. The van der Waals surface area contributed by atoms with Crippen molar-refractivity contribution in [1.29, 1.82) is 0 Å². The predicted molar refractivity (Wildman–Crippen MR) is 135 cm³/mol. The number of H-pyrrole nitrogens is 1. The molecular formula is C26H27N5O5. The number of esters is 1. The van der Waals surface area contributed by atoms with Crippen LogP contribution in [0.3, 0.4) is 0 Å². The van der Waals surface area contributed by atoms with Crippen LogP contribution in [0.2, 0.25) is 0 Å². The number of carbonyl (C=O) groups is 3. The molecule has 2 aromatic carbocycles. The maximum atomic E-state index is 13.0. The highest BCUT2D eigenvalue weighted by molar-refractivity contribution is 6.06. The molecule has 0 aliphatic carbocycles. The monoisotopic (exact) mass is 489 g/mol. The van der Waals surface area contributed by atoms with Gasteiger partial charge in [0, 0.05) is 28.4 Å². The first kappa shape index (κ1) is 24.6. The Kier molecular flexibility index (Phi) is 7.43. The second-order valence-electron chi connectivity index (χ2n) is 8.24. The second kappa shape index (κ2) is 10.9. The Hall–Kier alpha value is -4.47. The lowest BCUT2D eigenvalue weighted by atomic mass is 10.1. The van der Waals surface area contributed by atoms with Crippen LogP contribution < -0.4 is 16.4 Å². The first-order valence-corrected chi connectivity index (χ1v) is 11.8. The molecule has 0 aliphatic heterocycles. The van der Waals surface area contributed by atoms with Gasteiger partial charge in [-0.1, -0.05) is 38.0 Å². The van der Waals surface area contributed by atoms with Crippen LogP contribution in [-0.2, 0) is 11.3 Å². The highest BCUT2D eigenvalue weighted by atomic mass is 16.5. The van der Waals surface area contributed by atoms with E-state index in [0.29, 0.717) is 28.2 Å². The summed E-state index contributed by atoms with van der Waals surface area (Å²) in [6, 6.07) is 13.2. The topological polar surface area (TPSA) is 135 Å². The smallest absolute Gasteiger partial charge is 0.354 e. The molecule has 3 N–H and O–H groups in total. The SMILES string of the molecule is CCCCCn1nc(C(=O)NNC(=O)c2ccc3[nH]c(C(=O)OCC)cc3c2)c2ccccc2c1=O. The number of hydrogen-bond donors (Lipinski definition) is 3. The fraction of sp³-hybridized carbons (Fsp3) is 0.269. The number of nitrogens with zero attached hydrogens (tertiary/aromatic N) is 2. The molecule has 0 saturated carbocycles. The minimum Gasteiger partial charge on any atom is -0.461 e. The molecule has 0 radical (unpaired) electrons. The number of unbranched alkanes of at least 4 members (excludes halogenated alkanes) is 2. The van der Waals surface area contributed by atoms with Gasteiger partial charge in [-0.25, -0.2) is 9.48 Å². The van der Waals surface area contributed by atoms with E-state index in [-0.39, 0.29) is 29.1 Å². The van der Waals surface area contributed by atoms with Crippen LogP contribution in [0.5, 0.6) is 0 Å². The molecule has 0 unspecified atom stereocenters. The number of carbonyl (C=O) groups excluding carboxylic acids is 3. The summed E-state index contributed by atoms with van der Waals surface area (Å²) in [5.41, 5.74) is 5.80. The Morgan fingerprint density at radius 1 is 0.972 bits per heavy atom. The Morgan fingerprint density at radius 2 is 1.72 bits per heavy atom. The summed E-state index contributed by atoms with van der Waals surface area (Å²) >= 11 is 0. The molecule has 0 fully saturated rings. The molecule has 4 aromatic rings. The van der Waals surface area contributed by atoms with E-state index < -0.39 is 17.8 Å². The molecule has 0 aliphatic rings. The zero-order valence-electron chi connectivity index (χ0n) is 20.1. The van der Waals surface area contributed by atoms with Gasteiger partial charge in [0.05, 0.1) is 12.0 Å². The normalized spacial score (nSPS) is 10.9. The molecule has 10 nitrogen and oxygen atoms in total. The second-order valence-corrected chi connectivity index (χ2v) is 8.24. The maximum absolute atomic E-state index is 13.0. The molecule has 0 bridgehead atoms. The van der Waals surface area contributed by atoms with Crippen LogP contribution in [0.4, 0.5) is 0 Å². The molecule has 0 spiro atoms. The molecule has 186 valence electrons. The van der Waals surface area contributed by atoms with Gasteiger partial charge in [-0.2, -0.15) is 5.10 Å². The van der Waals surface area contributed by atoms with Gasteiger partial charge in [0.25, 0.3) is 17.4 Å². The Balaban J connectivity index is 1.53. The summed E-state index contributed by atoms with van der Waals surface area (Å²) in [5.74, 6) is -1.68. The number of hydrogen-bond acceptors (Lipinski definition) is 6. The van der Waals surface area contributed by atoms with Gasteiger partial charge in [0.2, 0.25) is 0 Å². The van der Waals surface area contributed by atoms with Gasteiger partial charge >= 0.3 is 5.97 Å². The molecule has 36 heavy (non-hydrogen) atoms. The quantitative estimate of drug-likeness (QED) is 0.197. The summed E-state index contributed by atoms with van der Waals surface area (Å²) in [6.45, 7) is 4.43. The molecule has 2 heterocycles. The highest BCUT2D eigenvalue weighted by Crippen LogP contribution is 2.18. The van der Waals surface area contributed by atoms with Crippen LogP contribution in [0, 0.1) is 0 Å². The van der Waals surface area contributed by atoms with Gasteiger partial charge in [-0.15, -0.1) is 0 Å². The van der Waals surface area contributed by atoms with Crippen molar-refractivity contribution in [1.82, 2.24) is 25.6 Å². The van der Waals surface area contributed by atoms with Crippen molar-refractivity contribution in [2.24, 2.45) is 0 Å². The van der Waals surface area contributed by atoms with Gasteiger partial charge in [-0.3, -0.25) is 25.2 Å². The summed E-state index contributed by atoms with van der Waals surface area (Å²) < 4.78 is 6.29. The zero-order chi connectivity index (χ0) is 25.7. The Morgan fingerprint density at radius 3 is 2.47 bits per heavy atom. The van der Waals surface area contributed by atoms with Crippen molar-refractivity contribution >= 4 is 39.5 Å². The van der Waals surface area contributed by atoms with Crippen LogP contribution in [0.25, 0.3) is 21.7 Å². The number of aromatic amines is 1. The molecule has 2 aromatic heterocycles. The molecule has 0 atom stereocenters. The standard InChI is InChI=1S/C26H27N5O5/c1-3-5-8-13-31-25(34)19-10-7-6-9-18(19)22(30-31)24(33)29-28-23(32)16-11-12-20-17(14-16)15-21(27-20)26(35)36-4-2/h6-7,9-12,14-15,27H,3-5,8,13H2,1-2H3,(H,28,32)(H,29,33). The van der Waals surface area contributed by atoms with E-state index in [4.69, 9.17) is 4.74 Å². The van der Waals surface area contributed by atoms with E-state index in [1.165, 1.54) is 4.68 Å². The molecule has 4 rings (SSSR count). The number of fused-ring (bicyclic) bond motifs is 2. The largest absolute Gasteiger partial charge is 0.461 e. The number of ether oxygens (including phenoxy) is 1. The summed E-state index contributed by atoms with van der Waals surface area (Å²) in [5, 5.41) is 5.72. The first-order valence-electron chi connectivity index (χ1n) is 11.8. The van der Waals surface area contributed by atoms with Crippen LogP contribution in [0.1, 0.15) is 64.4 Å². The van der Waals surface area contributed by atoms with Gasteiger partial charge < -0.3 is 9.72 Å². The third-order valence-corrected chi connectivity index (χ3v) is 5.72. The molecular weight excluding hydrogens is 462 g/mol. The Labute approximate surface area is 206 Å². The number of benzene rings is 2. The van der Waals surface area contributed by atoms with Gasteiger partial charge in [0.1, 0.15) is 5.69 Å². The van der Waals surface area contributed by atoms with E-state index in [2.05, 4.69) is 27.9 Å². The predicted octanol–water partition coefficient (Wildman–Crippen LogP) is 3.32. The van der Waals surface area contributed by atoms with Gasteiger partial charge in [0.15, 0.2) is 5.69 Å². The average Bonchev–Trinajstić information content (AvgIpc) is 3.32. The molecule has 2 amide bonds. The van der Waals surface area contributed by atoms with Crippen molar-refractivity contribution in [2.75, 3.05) is 6.61 Å². The number of hydrazine groups is 1. The van der Waals surface area contributed by atoms with E-state index in [0.717, 1.165) is 19.3 Å². The number of aryl methyl sites for hydroxylation is 1. The van der Waals surface area contributed by atoms with Crippen molar-refractivity contribution in [3.63, 3.8) is 0 Å². The van der Waals surface area contributed by atoms with E-state index in [9.17, 15) is 19.2 Å². The highest BCUT2D eigenvalue weighted by Gasteiger charge is 2.18. The lowest BCUT2D eigenvalue weighted by Crippen LogP contribution is -2.42. The fourth-order valence-electron chi connectivity index (χ4n) is 3.90. The van der Waals surface area contributed by atoms with Crippen molar-refractivity contribution in [3.8, 4) is 0 Å². The third-order valence-electron chi connectivity index (χ3n) is 5.72. The fourth-order valence-corrected chi connectivity index (χ4v) is 3.90. The van der Waals surface area contributed by atoms with Crippen LogP contribution in [-0.4, -0.2) is 39.2 Å². The lowest BCUT2D eigenvalue weighted by Gasteiger charge is -2.12. The number of rotatable bonds is 8. The van der Waals surface area contributed by atoms with Crippen LogP contribution in [0.15, 0.2) is 53.3 Å². The van der Waals surface area contributed by atoms with E-state index in [1.807, 2.05) is 0 Å². The van der Waals surface area contributed by atoms with E-state index in [1.54, 1.807) is 55.5 Å². The zero-order valence-corrected chi connectivity index (χ0v) is 20.1. The number of amides is 2. The lowest BCUT2D eigenvalue weighted by molar-refractivity contribution is 0.0520. The minimum atomic E-state index is -0.642. The third kappa shape index (κ3) is 5.12. The Bertz CT molecular complexity index is 1500. The van der Waals surface area contributed by atoms with Crippen LogP contribution >= 0.6 is 0 Å². The maximum Gasteiger partial charge on any atom is 0.354 e. The summed E-state index contributed by atoms with van der Waals surface area (Å²) in [7, 11) is 0.